The maximum Gasteiger partial charge on any atom is 0.434 e. The van der Waals surface area contributed by atoms with Crippen LogP contribution in [0.3, 0.4) is 0 Å². The number of rotatable bonds is 4. The minimum atomic E-state index is -4.60. The van der Waals surface area contributed by atoms with E-state index in [-0.39, 0.29) is 35.0 Å². The molecule has 0 bridgehead atoms. The summed E-state index contributed by atoms with van der Waals surface area (Å²) in [6.45, 7) is 0.141. The van der Waals surface area contributed by atoms with Gasteiger partial charge in [-0.15, -0.1) is 0 Å². The zero-order chi connectivity index (χ0) is 27.4. The van der Waals surface area contributed by atoms with Gasteiger partial charge in [0.2, 0.25) is 5.62 Å². The van der Waals surface area contributed by atoms with Gasteiger partial charge >= 0.3 is 12.4 Å². The second kappa shape index (κ2) is 8.85. The first-order valence-corrected chi connectivity index (χ1v) is 11.2. The molecule has 2 aromatic carbocycles. The van der Waals surface area contributed by atoms with Crippen LogP contribution in [-0.2, 0) is 33.0 Å². The molecule has 0 atom stereocenters. The minimum Gasteiger partial charge on any atom is -0.333 e. The smallest absolute Gasteiger partial charge is 0.333 e. The van der Waals surface area contributed by atoms with Crippen molar-refractivity contribution in [2.24, 2.45) is 14.1 Å². The van der Waals surface area contributed by atoms with Crippen LogP contribution in [-0.4, -0.2) is 28.7 Å². The number of nitrogens with one attached hydrogen (secondary N) is 1. The monoisotopic (exact) mass is 531 g/mol. The maximum absolute atomic E-state index is 13.6. The van der Waals surface area contributed by atoms with Crippen LogP contribution >= 0.6 is 0 Å². The third-order valence-electron chi connectivity index (χ3n) is 6.13. The molecule has 3 heterocycles. The van der Waals surface area contributed by atoms with Crippen molar-refractivity contribution in [3.8, 4) is 22.8 Å². The van der Waals surface area contributed by atoms with E-state index in [0.717, 1.165) is 12.3 Å². The van der Waals surface area contributed by atoms with Crippen LogP contribution in [0.1, 0.15) is 16.8 Å². The highest BCUT2D eigenvalue weighted by Crippen LogP contribution is 2.36. The maximum atomic E-state index is 13.6. The van der Waals surface area contributed by atoms with Crippen molar-refractivity contribution < 1.29 is 26.3 Å². The normalized spacial score (nSPS) is 12.4. The molecule has 38 heavy (non-hydrogen) atoms. The van der Waals surface area contributed by atoms with Gasteiger partial charge in [0.25, 0.3) is 0 Å². The lowest BCUT2D eigenvalue weighted by atomic mass is 10.1. The van der Waals surface area contributed by atoms with Crippen LogP contribution in [0, 0.1) is 5.41 Å². The largest absolute Gasteiger partial charge is 0.434 e. The molecule has 1 N–H and O–H groups in total. The van der Waals surface area contributed by atoms with E-state index in [0.29, 0.717) is 16.6 Å². The molecule has 0 amide bonds. The van der Waals surface area contributed by atoms with Gasteiger partial charge in [-0.05, 0) is 11.6 Å². The summed E-state index contributed by atoms with van der Waals surface area (Å²) in [5, 5.41) is 8.51. The highest BCUT2D eigenvalue weighted by Gasteiger charge is 2.35. The molecule has 0 aliphatic heterocycles. The average Bonchev–Trinajstić information content (AvgIpc) is 3.37. The predicted molar refractivity (Wildman–Crippen MR) is 126 cm³/mol. The molecule has 5 rings (SSSR count). The van der Waals surface area contributed by atoms with Crippen LogP contribution < -0.4 is 5.62 Å². The SMILES string of the molecule is Cn1cc(C(F)(F)F)nc1-c1ccc(Cn2c(=N)n(C)c3cnc(-c4ccccc4C(F)(F)F)nc32)cc1. The third kappa shape index (κ3) is 4.44. The van der Waals surface area contributed by atoms with E-state index >= 15 is 0 Å². The number of hydrogen-bond donors (Lipinski definition) is 1. The van der Waals surface area contributed by atoms with Crippen molar-refractivity contribution >= 4 is 11.2 Å². The van der Waals surface area contributed by atoms with E-state index in [1.807, 2.05) is 0 Å². The Morgan fingerprint density at radius 2 is 1.55 bits per heavy atom. The van der Waals surface area contributed by atoms with Gasteiger partial charge < -0.3 is 9.13 Å². The second-order valence-electron chi connectivity index (χ2n) is 8.67. The lowest BCUT2D eigenvalue weighted by Gasteiger charge is -2.12. The number of halogens is 6. The first-order chi connectivity index (χ1) is 17.8. The Balaban J connectivity index is 1.52. The molecule has 196 valence electrons. The number of nitrogens with zero attached hydrogens (tertiary/aromatic N) is 6. The summed E-state index contributed by atoms with van der Waals surface area (Å²) in [5.74, 6) is 0.0129. The van der Waals surface area contributed by atoms with E-state index in [4.69, 9.17) is 5.41 Å². The Morgan fingerprint density at radius 3 is 2.18 bits per heavy atom. The standard InChI is InChI=1S/C25H19F6N7/c1-36-13-19(25(29,30)31)34-21(36)15-9-7-14(8-10-15)12-38-22-18(37(2)23(38)32)11-33-20(35-22)16-5-3-4-6-17(16)24(26,27)28/h3-11,13,32H,12H2,1-2H3. The lowest BCUT2D eigenvalue weighted by Crippen LogP contribution is -2.23. The molecule has 13 heteroatoms. The first-order valence-electron chi connectivity index (χ1n) is 11.2. The molecule has 5 aromatic rings. The van der Waals surface area contributed by atoms with Gasteiger partial charge in [-0.25, -0.2) is 15.0 Å². The molecule has 0 spiro atoms. The summed E-state index contributed by atoms with van der Waals surface area (Å²) in [5.41, 5.74) is -0.122. The molecule has 0 aliphatic rings. The minimum absolute atomic E-state index is 0.0403. The van der Waals surface area contributed by atoms with E-state index in [2.05, 4.69) is 15.0 Å². The summed E-state index contributed by atoms with van der Waals surface area (Å²) in [6.07, 6.45) is -6.87. The fourth-order valence-electron chi connectivity index (χ4n) is 4.21. The number of fused-ring (bicyclic) bond motifs is 1. The second-order valence-corrected chi connectivity index (χ2v) is 8.67. The van der Waals surface area contributed by atoms with Gasteiger partial charge in [0.1, 0.15) is 11.3 Å². The quantitative estimate of drug-likeness (QED) is 0.316. The molecule has 0 saturated carbocycles. The molecule has 0 unspecified atom stereocenters. The molecule has 0 saturated heterocycles. The highest BCUT2D eigenvalue weighted by molar-refractivity contribution is 5.74. The molecule has 0 aliphatic carbocycles. The summed E-state index contributed by atoms with van der Waals surface area (Å²) in [7, 11) is 3.09. The summed E-state index contributed by atoms with van der Waals surface area (Å²) >= 11 is 0. The molecule has 7 nitrogen and oxygen atoms in total. The van der Waals surface area contributed by atoms with E-state index in [1.54, 1.807) is 31.3 Å². The molecule has 0 radical (unpaired) electrons. The molecule has 0 fully saturated rings. The van der Waals surface area contributed by atoms with E-state index in [9.17, 15) is 26.3 Å². The third-order valence-corrected chi connectivity index (χ3v) is 6.13. The topological polar surface area (TPSA) is 77.3 Å². The molecular formula is C25H19F6N7. The number of aryl methyl sites for hydroxylation is 2. The Kier molecular flexibility index (Phi) is 5.88. The Hall–Kier alpha value is -4.42. The van der Waals surface area contributed by atoms with Crippen molar-refractivity contribution in [1.29, 1.82) is 5.41 Å². The van der Waals surface area contributed by atoms with Gasteiger partial charge in [0.15, 0.2) is 17.2 Å². The van der Waals surface area contributed by atoms with Gasteiger partial charge in [-0.2, -0.15) is 26.3 Å². The van der Waals surface area contributed by atoms with Crippen molar-refractivity contribution in [2.75, 3.05) is 0 Å². The van der Waals surface area contributed by atoms with Crippen LogP contribution in [0.5, 0.6) is 0 Å². The number of imidazole rings is 2. The van der Waals surface area contributed by atoms with Crippen molar-refractivity contribution in [3.63, 3.8) is 0 Å². The van der Waals surface area contributed by atoms with Gasteiger partial charge in [-0.1, -0.05) is 42.5 Å². The zero-order valence-corrected chi connectivity index (χ0v) is 19.9. The summed E-state index contributed by atoms with van der Waals surface area (Å²) < 4.78 is 84.1. The van der Waals surface area contributed by atoms with Gasteiger partial charge in [-0.3, -0.25) is 9.98 Å². The fourth-order valence-corrected chi connectivity index (χ4v) is 4.21. The number of hydrogen-bond acceptors (Lipinski definition) is 4. The van der Waals surface area contributed by atoms with Crippen LogP contribution in [0.25, 0.3) is 33.9 Å². The summed E-state index contributed by atoms with van der Waals surface area (Å²) in [4.78, 5) is 12.2. The van der Waals surface area contributed by atoms with Crippen LogP contribution in [0.4, 0.5) is 26.3 Å². The zero-order valence-electron chi connectivity index (χ0n) is 19.9. The fraction of sp³-hybridized carbons (Fsp3) is 0.200. The average molecular weight is 531 g/mol. The highest BCUT2D eigenvalue weighted by atomic mass is 19.4. The van der Waals surface area contributed by atoms with Gasteiger partial charge in [0.05, 0.1) is 18.3 Å². The Morgan fingerprint density at radius 1 is 0.868 bits per heavy atom. The molecular weight excluding hydrogens is 512 g/mol. The Bertz CT molecular complexity index is 1710. The number of alkyl halides is 6. The van der Waals surface area contributed by atoms with Crippen molar-refractivity contribution in [1.82, 2.24) is 28.7 Å². The van der Waals surface area contributed by atoms with E-state index in [1.165, 1.54) is 45.1 Å². The van der Waals surface area contributed by atoms with Crippen molar-refractivity contribution in [3.05, 3.63) is 83.4 Å². The Labute approximate surface area is 211 Å². The van der Waals surface area contributed by atoms with Crippen molar-refractivity contribution in [2.45, 2.75) is 18.9 Å². The predicted octanol–water partition coefficient (Wildman–Crippen LogP) is 5.40. The number of benzene rings is 2. The summed E-state index contributed by atoms with van der Waals surface area (Å²) in [6, 6.07) is 11.6. The molecule has 3 aromatic heterocycles. The van der Waals surface area contributed by atoms with Crippen LogP contribution in [0.2, 0.25) is 0 Å². The number of aromatic nitrogens is 6. The first kappa shape index (κ1) is 25.2. The lowest BCUT2D eigenvalue weighted by molar-refractivity contribution is -0.141. The van der Waals surface area contributed by atoms with Crippen LogP contribution in [0.15, 0.2) is 60.9 Å². The van der Waals surface area contributed by atoms with Gasteiger partial charge in [0, 0.05) is 31.4 Å². The van der Waals surface area contributed by atoms with E-state index < -0.39 is 23.6 Å².